The SMILES string of the molecule is CCN1CC[C@@H](C)[C@H](C)N1. The molecule has 1 N–H and O–H groups in total. The number of nitrogens with zero attached hydrogens (tertiary/aromatic N) is 1. The van der Waals surface area contributed by atoms with Crippen LogP contribution in [-0.2, 0) is 0 Å². The summed E-state index contributed by atoms with van der Waals surface area (Å²) in [7, 11) is 0. The maximum absolute atomic E-state index is 3.45. The van der Waals surface area contributed by atoms with Gasteiger partial charge in [0.2, 0.25) is 0 Å². The van der Waals surface area contributed by atoms with Gasteiger partial charge in [0.1, 0.15) is 0 Å². The first-order valence-electron chi connectivity index (χ1n) is 4.25. The number of hydrogen-bond acceptors (Lipinski definition) is 2. The number of nitrogens with one attached hydrogen (secondary N) is 1. The Hall–Kier alpha value is -0.0800. The lowest BCUT2D eigenvalue weighted by Crippen LogP contribution is -2.51. The van der Waals surface area contributed by atoms with Crippen molar-refractivity contribution < 1.29 is 0 Å². The van der Waals surface area contributed by atoms with Crippen LogP contribution in [0.5, 0.6) is 0 Å². The van der Waals surface area contributed by atoms with E-state index in [1.165, 1.54) is 13.0 Å². The molecule has 1 aliphatic heterocycles. The standard InChI is InChI=1S/C8H18N2/c1-4-10-6-5-7(2)8(3)9-10/h7-9H,4-6H2,1-3H3/t7-,8+/m1/s1. The van der Waals surface area contributed by atoms with Crippen molar-refractivity contribution >= 4 is 0 Å². The van der Waals surface area contributed by atoms with E-state index in [-0.39, 0.29) is 0 Å². The molecule has 0 amide bonds. The lowest BCUT2D eigenvalue weighted by atomic mass is 9.98. The lowest BCUT2D eigenvalue weighted by molar-refractivity contribution is 0.0925. The minimum absolute atomic E-state index is 0.661. The Morgan fingerprint density at radius 1 is 1.50 bits per heavy atom. The normalized spacial score (nSPS) is 36.3. The second-order valence-corrected chi connectivity index (χ2v) is 3.26. The number of rotatable bonds is 1. The molecule has 1 saturated heterocycles. The third kappa shape index (κ3) is 1.70. The Balaban J connectivity index is 2.33. The minimum Gasteiger partial charge on any atom is -0.252 e. The molecule has 1 aliphatic rings. The first-order chi connectivity index (χ1) is 4.74. The molecule has 0 aromatic carbocycles. The molecule has 0 radical (unpaired) electrons. The van der Waals surface area contributed by atoms with Gasteiger partial charge < -0.3 is 0 Å². The molecule has 0 aromatic heterocycles. The van der Waals surface area contributed by atoms with E-state index in [0.29, 0.717) is 6.04 Å². The summed E-state index contributed by atoms with van der Waals surface area (Å²) in [5.74, 6) is 0.836. The van der Waals surface area contributed by atoms with Crippen LogP contribution in [0.15, 0.2) is 0 Å². The molecule has 0 spiro atoms. The van der Waals surface area contributed by atoms with Crippen molar-refractivity contribution in [2.45, 2.75) is 33.2 Å². The highest BCUT2D eigenvalue weighted by atomic mass is 15.5. The lowest BCUT2D eigenvalue weighted by Gasteiger charge is -2.35. The van der Waals surface area contributed by atoms with Gasteiger partial charge in [-0.25, -0.2) is 5.01 Å². The van der Waals surface area contributed by atoms with E-state index in [1.807, 2.05) is 0 Å². The fourth-order valence-electron chi connectivity index (χ4n) is 1.34. The first-order valence-corrected chi connectivity index (χ1v) is 4.25. The Morgan fingerprint density at radius 3 is 2.70 bits per heavy atom. The third-order valence-electron chi connectivity index (χ3n) is 2.48. The average molecular weight is 142 g/mol. The van der Waals surface area contributed by atoms with E-state index >= 15 is 0 Å². The number of hydrazine groups is 1. The molecule has 10 heavy (non-hydrogen) atoms. The summed E-state index contributed by atoms with van der Waals surface area (Å²) in [4.78, 5) is 0. The summed E-state index contributed by atoms with van der Waals surface area (Å²) in [6, 6.07) is 0.661. The molecule has 0 bridgehead atoms. The predicted molar refractivity (Wildman–Crippen MR) is 43.6 cm³/mol. The van der Waals surface area contributed by atoms with Gasteiger partial charge in [0, 0.05) is 19.1 Å². The fourth-order valence-corrected chi connectivity index (χ4v) is 1.34. The van der Waals surface area contributed by atoms with Gasteiger partial charge in [-0.2, -0.15) is 0 Å². The molecule has 0 unspecified atom stereocenters. The van der Waals surface area contributed by atoms with Gasteiger partial charge in [-0.3, -0.25) is 5.43 Å². The van der Waals surface area contributed by atoms with Crippen molar-refractivity contribution in [3.05, 3.63) is 0 Å². The average Bonchev–Trinajstić information content (AvgIpc) is 1.95. The zero-order chi connectivity index (χ0) is 7.56. The van der Waals surface area contributed by atoms with Crippen molar-refractivity contribution in [3.63, 3.8) is 0 Å². The Bertz CT molecular complexity index is 103. The zero-order valence-electron chi connectivity index (χ0n) is 7.22. The molecule has 1 heterocycles. The molecular formula is C8H18N2. The van der Waals surface area contributed by atoms with Gasteiger partial charge >= 0.3 is 0 Å². The van der Waals surface area contributed by atoms with Crippen LogP contribution >= 0.6 is 0 Å². The second-order valence-electron chi connectivity index (χ2n) is 3.26. The van der Waals surface area contributed by atoms with Crippen molar-refractivity contribution in [2.24, 2.45) is 5.92 Å². The summed E-state index contributed by atoms with van der Waals surface area (Å²) in [5.41, 5.74) is 3.45. The van der Waals surface area contributed by atoms with Crippen molar-refractivity contribution in [1.29, 1.82) is 0 Å². The zero-order valence-corrected chi connectivity index (χ0v) is 7.22. The van der Waals surface area contributed by atoms with E-state index in [0.717, 1.165) is 12.5 Å². The molecule has 1 fully saturated rings. The molecule has 2 atom stereocenters. The molecule has 1 rings (SSSR count). The highest BCUT2D eigenvalue weighted by Gasteiger charge is 2.20. The largest absolute Gasteiger partial charge is 0.252 e. The highest BCUT2D eigenvalue weighted by Crippen LogP contribution is 2.13. The van der Waals surface area contributed by atoms with Crippen molar-refractivity contribution in [2.75, 3.05) is 13.1 Å². The van der Waals surface area contributed by atoms with Gasteiger partial charge in [-0.15, -0.1) is 0 Å². The molecular weight excluding hydrogens is 124 g/mol. The topological polar surface area (TPSA) is 15.3 Å². The van der Waals surface area contributed by atoms with Crippen LogP contribution in [0.4, 0.5) is 0 Å². The van der Waals surface area contributed by atoms with Crippen LogP contribution in [-0.4, -0.2) is 24.1 Å². The van der Waals surface area contributed by atoms with Crippen LogP contribution in [0.2, 0.25) is 0 Å². The molecule has 2 heteroatoms. The highest BCUT2D eigenvalue weighted by molar-refractivity contribution is 4.73. The third-order valence-corrected chi connectivity index (χ3v) is 2.48. The maximum Gasteiger partial charge on any atom is 0.0213 e. The monoisotopic (exact) mass is 142 g/mol. The predicted octanol–water partition coefficient (Wildman–Crippen LogP) is 1.24. The smallest absolute Gasteiger partial charge is 0.0213 e. The number of hydrogen-bond donors (Lipinski definition) is 1. The maximum atomic E-state index is 3.45. The van der Waals surface area contributed by atoms with Gasteiger partial charge in [0.05, 0.1) is 0 Å². The second kappa shape index (κ2) is 3.35. The van der Waals surface area contributed by atoms with E-state index in [2.05, 4.69) is 31.2 Å². The first kappa shape index (κ1) is 8.02. The van der Waals surface area contributed by atoms with Crippen LogP contribution in [0.3, 0.4) is 0 Å². The van der Waals surface area contributed by atoms with E-state index < -0.39 is 0 Å². The van der Waals surface area contributed by atoms with Crippen LogP contribution in [0, 0.1) is 5.92 Å². The molecule has 2 nitrogen and oxygen atoms in total. The summed E-state index contributed by atoms with van der Waals surface area (Å²) >= 11 is 0. The minimum atomic E-state index is 0.661. The van der Waals surface area contributed by atoms with E-state index in [4.69, 9.17) is 0 Å². The molecule has 0 aromatic rings. The Morgan fingerprint density at radius 2 is 2.20 bits per heavy atom. The summed E-state index contributed by atoms with van der Waals surface area (Å²) < 4.78 is 0. The summed E-state index contributed by atoms with van der Waals surface area (Å²) in [6.07, 6.45) is 1.34. The van der Waals surface area contributed by atoms with Gasteiger partial charge in [-0.05, 0) is 19.3 Å². The summed E-state index contributed by atoms with van der Waals surface area (Å²) in [5, 5.41) is 2.30. The van der Waals surface area contributed by atoms with Crippen LogP contribution in [0.1, 0.15) is 27.2 Å². The van der Waals surface area contributed by atoms with E-state index in [1.54, 1.807) is 0 Å². The molecule has 0 saturated carbocycles. The van der Waals surface area contributed by atoms with Gasteiger partial charge in [0.25, 0.3) is 0 Å². The van der Waals surface area contributed by atoms with Crippen molar-refractivity contribution in [3.8, 4) is 0 Å². The van der Waals surface area contributed by atoms with Crippen LogP contribution in [0.25, 0.3) is 0 Å². The van der Waals surface area contributed by atoms with Gasteiger partial charge in [0.15, 0.2) is 0 Å². The summed E-state index contributed by atoms with van der Waals surface area (Å²) in [6.45, 7) is 9.09. The van der Waals surface area contributed by atoms with E-state index in [9.17, 15) is 0 Å². The fraction of sp³-hybridized carbons (Fsp3) is 1.00. The molecule has 0 aliphatic carbocycles. The Labute approximate surface area is 63.6 Å². The van der Waals surface area contributed by atoms with Crippen molar-refractivity contribution in [1.82, 2.24) is 10.4 Å². The molecule has 60 valence electrons. The quantitative estimate of drug-likeness (QED) is 0.592. The Kier molecular flexibility index (Phi) is 2.69. The van der Waals surface area contributed by atoms with Crippen LogP contribution < -0.4 is 5.43 Å². The van der Waals surface area contributed by atoms with Gasteiger partial charge in [-0.1, -0.05) is 13.8 Å².